The molecule has 6 amide bonds. The van der Waals surface area contributed by atoms with Crippen LogP contribution in [0.3, 0.4) is 0 Å². The highest BCUT2D eigenvalue weighted by atomic mass is 32.1. The number of likely N-dealkylation sites (tertiary alicyclic amines) is 1. The third-order valence-corrected chi connectivity index (χ3v) is 13.4. The molecule has 4 aliphatic heterocycles. The second-order valence-corrected chi connectivity index (χ2v) is 18.3. The van der Waals surface area contributed by atoms with Crippen LogP contribution in [0.25, 0.3) is 11.3 Å². The molecule has 5 aromatic rings. The molecule has 2 saturated heterocycles. The fourth-order valence-electron chi connectivity index (χ4n) is 9.70. The Morgan fingerprint density at radius 2 is 1.39 bits per heavy atom. The van der Waals surface area contributed by atoms with Crippen LogP contribution < -0.4 is 26.4 Å². The van der Waals surface area contributed by atoms with Crippen LogP contribution >= 0.6 is 13.5 Å². The van der Waals surface area contributed by atoms with E-state index < -0.39 is 35.6 Å². The summed E-state index contributed by atoms with van der Waals surface area (Å²) in [5.41, 5.74) is 8.74. The molecule has 0 bridgehead atoms. The van der Waals surface area contributed by atoms with E-state index in [2.05, 4.69) is 26.3 Å². The molecule has 0 spiro atoms. The molecule has 5 N–H and O–H groups in total. The maximum absolute atomic E-state index is 13.5. The summed E-state index contributed by atoms with van der Waals surface area (Å²) in [6, 6.07) is 20.9. The first kappa shape index (κ1) is 55.0. The van der Waals surface area contributed by atoms with Gasteiger partial charge in [-0.25, -0.2) is 9.36 Å². The normalized spacial score (nSPS) is 17.4. The maximum atomic E-state index is 13.5. The van der Waals surface area contributed by atoms with Gasteiger partial charge in [0.05, 0.1) is 96.0 Å². The number of nitrogens with one attached hydrogen (secondary N) is 3. The third-order valence-electron chi connectivity index (χ3n) is 13.4. The summed E-state index contributed by atoms with van der Waals surface area (Å²) in [7, 11) is 0. The molecule has 2 aromatic heterocycles. The van der Waals surface area contributed by atoms with Crippen LogP contribution in [0.2, 0.25) is 0 Å². The summed E-state index contributed by atoms with van der Waals surface area (Å²) in [4.78, 5) is 79.3. The number of carbonyl (C=O) groups excluding carboxylic acids is 6. The molecule has 3 aromatic carbocycles. The van der Waals surface area contributed by atoms with E-state index in [9.17, 15) is 28.8 Å². The second kappa shape index (κ2) is 26.5. The second-order valence-electron chi connectivity index (χ2n) is 18.3. The van der Waals surface area contributed by atoms with Gasteiger partial charge in [-0.1, -0.05) is 29.5 Å². The van der Waals surface area contributed by atoms with Gasteiger partial charge in [0.15, 0.2) is 5.69 Å². The Kier molecular flexibility index (Phi) is 19.2. The molecule has 23 nitrogen and oxygen atoms in total. The number of nitrogens with two attached hydrogens (primary N) is 1. The highest BCUT2D eigenvalue weighted by molar-refractivity contribution is 7.59. The van der Waals surface area contributed by atoms with Crippen molar-refractivity contribution in [3.8, 4) is 22.8 Å². The average molecular weight is 1070 g/mol. The van der Waals surface area contributed by atoms with Crippen LogP contribution in [0.15, 0.2) is 79.0 Å². The Morgan fingerprint density at radius 3 is 2.07 bits per heavy atom. The summed E-state index contributed by atoms with van der Waals surface area (Å²) in [6.07, 6.45) is 4.14. The van der Waals surface area contributed by atoms with E-state index in [1.807, 2.05) is 64.2 Å². The molecule has 2 atom stereocenters. The van der Waals surface area contributed by atoms with E-state index in [1.54, 1.807) is 29.1 Å². The number of amides is 6. The SMILES string of the molecule is NC(=O)c1c(-c2ccc(Oc3ccccc3)cc2)nn2c1NCC[C@H]2C1CCN(C(=O)c2cn(CCOCCOCCOCCOCCOCCNc3cccc4c3C(=O)N(C3CCC(=O)NC3=O)C4=O)nn2)CC1.S. The van der Waals surface area contributed by atoms with Crippen molar-refractivity contribution in [1.29, 1.82) is 0 Å². The van der Waals surface area contributed by atoms with Crippen LogP contribution in [0.4, 0.5) is 11.5 Å². The van der Waals surface area contributed by atoms with Gasteiger partial charge in [0.2, 0.25) is 11.8 Å². The molecule has 9 rings (SSSR count). The fraction of sp³-hybridized carbons (Fsp3) is 0.442. The number of aromatic nitrogens is 5. The highest BCUT2D eigenvalue weighted by Gasteiger charge is 2.45. The Bertz CT molecular complexity index is 2820. The smallest absolute Gasteiger partial charge is 0.276 e. The number of para-hydroxylation sites is 1. The largest absolute Gasteiger partial charge is 0.457 e. The first-order valence-electron chi connectivity index (χ1n) is 25.3. The van der Waals surface area contributed by atoms with Crippen molar-refractivity contribution < 1.29 is 57.2 Å². The minimum Gasteiger partial charge on any atom is -0.457 e. The van der Waals surface area contributed by atoms with Crippen molar-refractivity contribution in [2.75, 3.05) is 103 Å². The van der Waals surface area contributed by atoms with Crippen LogP contribution in [-0.2, 0) is 39.8 Å². The monoisotopic (exact) mass is 1070 g/mol. The molecular formula is C52H63N11O12S. The molecule has 24 heteroatoms. The minimum atomic E-state index is -1.03. The number of carbonyl (C=O) groups is 6. The van der Waals surface area contributed by atoms with E-state index in [0.29, 0.717) is 127 Å². The van der Waals surface area contributed by atoms with Crippen LogP contribution in [-0.4, -0.2) is 168 Å². The van der Waals surface area contributed by atoms with Crippen molar-refractivity contribution in [2.45, 2.75) is 50.7 Å². The Balaban J connectivity index is 0.00000765. The maximum Gasteiger partial charge on any atom is 0.276 e. The lowest BCUT2D eigenvalue weighted by molar-refractivity contribution is -0.136. The minimum absolute atomic E-state index is 0. The quantitative estimate of drug-likeness (QED) is 0.0454. The first-order chi connectivity index (χ1) is 36.6. The van der Waals surface area contributed by atoms with E-state index in [0.717, 1.165) is 35.5 Å². The van der Waals surface area contributed by atoms with Gasteiger partial charge in [-0.15, -0.1) is 5.10 Å². The molecule has 1 unspecified atom stereocenters. The zero-order valence-electron chi connectivity index (χ0n) is 42.0. The molecule has 0 saturated carbocycles. The zero-order chi connectivity index (χ0) is 52.1. The predicted octanol–water partition coefficient (Wildman–Crippen LogP) is 3.65. The van der Waals surface area contributed by atoms with Gasteiger partial charge in [0.1, 0.15) is 34.6 Å². The topological polar surface area (TPSA) is 275 Å². The van der Waals surface area contributed by atoms with E-state index in [1.165, 1.54) is 0 Å². The average Bonchev–Trinajstić information content (AvgIpc) is 4.13. The predicted molar refractivity (Wildman–Crippen MR) is 280 cm³/mol. The number of benzene rings is 3. The van der Waals surface area contributed by atoms with Crippen molar-refractivity contribution in [3.05, 3.63) is 101 Å². The van der Waals surface area contributed by atoms with Crippen LogP contribution in [0.1, 0.15) is 79.7 Å². The molecule has 404 valence electrons. The van der Waals surface area contributed by atoms with Crippen molar-refractivity contribution in [3.63, 3.8) is 0 Å². The van der Waals surface area contributed by atoms with Crippen molar-refractivity contribution >= 4 is 60.4 Å². The number of hydrogen-bond acceptors (Lipinski definition) is 17. The third kappa shape index (κ3) is 13.2. The molecule has 4 aliphatic rings. The number of piperidine rings is 2. The number of primary amides is 1. The van der Waals surface area contributed by atoms with Gasteiger partial charge < -0.3 is 49.7 Å². The Labute approximate surface area is 445 Å². The van der Waals surface area contributed by atoms with Gasteiger partial charge in [-0.3, -0.25) is 39.0 Å². The first-order valence-corrected chi connectivity index (χ1v) is 25.3. The van der Waals surface area contributed by atoms with Crippen LogP contribution in [0.5, 0.6) is 11.5 Å². The standard InChI is InChI=1S/C52H61N11O12.H2S/c53-47(65)45-46(35-9-11-37(12-10-35)75-36-5-2-1-3-6-36)58-63-41(15-18-55-48(45)63)34-16-20-60(21-17-34)51(68)40-33-61(59-57-40)22-24-71-26-28-73-30-32-74-31-29-72-27-25-70-23-19-54-39-8-4-7-38-44(39)52(69)62(50(38)67)42-13-14-43(64)56-49(42)66;/h1-12,33-34,41-42,54-55H,13-32H2,(H2,53,65)(H,56,64,66);1H2/t41-,42?;/m0./s1. The van der Waals surface area contributed by atoms with Crippen LogP contribution in [0, 0.1) is 5.92 Å². The number of hydrogen-bond donors (Lipinski definition) is 4. The zero-order valence-corrected chi connectivity index (χ0v) is 43.0. The van der Waals surface area contributed by atoms with E-state index in [4.69, 9.17) is 39.3 Å². The van der Waals surface area contributed by atoms with Gasteiger partial charge in [-0.05, 0) is 80.1 Å². The molecule has 0 aliphatic carbocycles. The van der Waals surface area contributed by atoms with Gasteiger partial charge in [-0.2, -0.15) is 18.6 Å². The number of fused-ring (bicyclic) bond motifs is 2. The van der Waals surface area contributed by atoms with Crippen molar-refractivity contribution in [2.24, 2.45) is 11.7 Å². The summed E-state index contributed by atoms with van der Waals surface area (Å²) >= 11 is 0. The summed E-state index contributed by atoms with van der Waals surface area (Å²) in [5, 5.41) is 22.0. The number of imide groups is 2. The van der Waals surface area contributed by atoms with E-state index >= 15 is 0 Å². The summed E-state index contributed by atoms with van der Waals surface area (Å²) < 4.78 is 37.5. The van der Waals surface area contributed by atoms with E-state index in [-0.39, 0.29) is 61.0 Å². The fourth-order valence-corrected chi connectivity index (χ4v) is 9.70. The Morgan fingerprint density at radius 1 is 0.737 bits per heavy atom. The van der Waals surface area contributed by atoms with Gasteiger partial charge in [0.25, 0.3) is 23.6 Å². The van der Waals surface area contributed by atoms with Gasteiger partial charge in [0, 0.05) is 43.9 Å². The number of ether oxygens (including phenoxy) is 6. The lowest BCUT2D eigenvalue weighted by Crippen LogP contribution is -2.54. The van der Waals surface area contributed by atoms with Crippen molar-refractivity contribution in [1.82, 2.24) is 39.9 Å². The molecular weight excluding hydrogens is 1000 g/mol. The lowest BCUT2D eigenvalue weighted by atomic mass is 9.86. The number of anilines is 2. The molecule has 76 heavy (non-hydrogen) atoms. The molecule has 6 heterocycles. The summed E-state index contributed by atoms with van der Waals surface area (Å²) in [5.74, 6) is -0.686. The number of nitrogens with zero attached hydrogens (tertiary/aromatic N) is 7. The lowest BCUT2D eigenvalue weighted by Gasteiger charge is -2.38. The van der Waals surface area contributed by atoms with Gasteiger partial charge >= 0.3 is 0 Å². The molecule has 0 radical (unpaired) electrons. The number of rotatable bonds is 26. The molecule has 2 fully saturated rings. The Hall–Kier alpha value is -7.22. The summed E-state index contributed by atoms with van der Waals surface area (Å²) in [6.45, 7) is 6.29. The highest BCUT2D eigenvalue weighted by Crippen LogP contribution is 2.40.